The van der Waals surface area contributed by atoms with E-state index in [1.807, 2.05) is 0 Å². The van der Waals surface area contributed by atoms with Gasteiger partial charge in [0.1, 0.15) is 120 Å². The highest BCUT2D eigenvalue weighted by Gasteiger charge is 2.50. The number of hydrogen-bond acceptors (Lipinski definition) is 32. The number of fused-ring (bicyclic) bond motifs is 15. The van der Waals surface area contributed by atoms with Crippen molar-refractivity contribution in [3.8, 4) is 38.4 Å². The molecule has 11 heterocycles. The molecule has 1 fully saturated rings. The minimum atomic E-state index is -5.28. The molecule has 105 heavy (non-hydrogen) atoms. The second-order valence-corrected chi connectivity index (χ2v) is 30.5. The number of cyclic esters (lactones) is 2. The van der Waals surface area contributed by atoms with Gasteiger partial charge >= 0.3 is 19.8 Å². The van der Waals surface area contributed by atoms with Crippen molar-refractivity contribution < 1.29 is 101 Å². The van der Waals surface area contributed by atoms with Gasteiger partial charge in [-0.1, -0.05) is 18.7 Å². The maximum Gasteiger partial charge on any atom is 0.546 e. The number of aromatic nitrogens is 7. The van der Waals surface area contributed by atoms with Crippen molar-refractivity contribution in [1.82, 2.24) is 66.1 Å². The molecule has 1 aromatic carbocycles. The Morgan fingerprint density at radius 1 is 0.895 bits per heavy atom. The lowest BCUT2D eigenvalue weighted by Crippen LogP contribution is -2.62. The lowest BCUT2D eigenvalue weighted by molar-refractivity contribution is -0.280. The number of amides is 6. The first-order chi connectivity index (χ1) is 49.9. The minimum absolute atomic E-state index is 0.0108. The summed E-state index contributed by atoms with van der Waals surface area (Å²) in [5.41, 5.74) is 0.944. The van der Waals surface area contributed by atoms with Gasteiger partial charge in [-0.3, -0.25) is 38.2 Å². The fourth-order valence-electron chi connectivity index (χ4n) is 12.1. The van der Waals surface area contributed by atoms with Gasteiger partial charge in [-0.15, -0.1) is 68.3 Å². The number of primary amides is 1. The van der Waals surface area contributed by atoms with Crippen molar-refractivity contribution in [2.75, 3.05) is 40.3 Å². The fourth-order valence-corrected chi connectivity index (χ4v) is 17.2. The number of ether oxygens (including phenoxy) is 6. The number of esters is 2. The van der Waals surface area contributed by atoms with Gasteiger partial charge in [0.15, 0.2) is 18.1 Å². The van der Waals surface area contributed by atoms with Gasteiger partial charge < -0.3 is 85.6 Å². The molecule has 7 aromatic heterocycles. The van der Waals surface area contributed by atoms with Crippen molar-refractivity contribution >= 4 is 140 Å². The van der Waals surface area contributed by atoms with Crippen LogP contribution in [0, 0.1) is 0 Å². The quantitative estimate of drug-likeness (QED) is 0.0236. The van der Waals surface area contributed by atoms with Crippen LogP contribution in [0.2, 0.25) is 0 Å². The standard InChI is InChI=1S/C63H64ClN14O21PS5/c1-24(50(65)81)66-51(82)33-21-104-59(71-33)44-38(80)14-29-43(73-44)32-19-102-57(68-32)31-18-95-61(87)46-30-17-93-47(48(98-39-15-63(5,89)49(77(6)7)27(4)97-39)62(88)94-16-28-10-9-11-37(40(28)30)78(46)99-100(90,91)96-13-12-64)45(60-72-34(22-105-60)52(83)67-31)76-54(85)36-23-103-58(70-36)42(26(3)92-8)75-55(86)41(25(2)79)74-53(84)35-20-101-56(29)69-35/h9-11,14,19-23,25,27,31,39,41,45,47-49,79-80,89H,1,12-13,15-18H2,2-8H3,(H2,65,81)(H,66,82)(H,67,83)(H,74,84)(H,75,86)(H,76,85)(H,90,91)/b42-26+. The summed E-state index contributed by atoms with van der Waals surface area (Å²) >= 11 is 10.2. The normalized spacial score (nSPS) is 23.8. The molecular weight excluding hydrogens is 1520 g/mol. The number of rotatable bonds is 14. The maximum atomic E-state index is 15.6. The molecule has 0 aliphatic carbocycles. The van der Waals surface area contributed by atoms with E-state index >= 15 is 19.2 Å². The number of thiazole rings is 5. The van der Waals surface area contributed by atoms with E-state index in [1.54, 1.807) is 32.8 Å². The number of phosphoric ester groups is 1. The van der Waals surface area contributed by atoms with Crippen molar-refractivity contribution in [1.29, 1.82) is 0 Å². The Labute approximate surface area is 619 Å². The van der Waals surface area contributed by atoms with Gasteiger partial charge in [-0.25, -0.2) is 44.1 Å². The number of nitrogens with two attached hydrogens (primary N) is 1. The van der Waals surface area contributed by atoms with Crippen LogP contribution in [-0.4, -0.2) is 196 Å². The van der Waals surface area contributed by atoms with E-state index in [2.05, 4.69) is 48.1 Å². The number of nitrogens with zero attached hydrogens (tertiary/aromatic N) is 8. The first-order valence-electron chi connectivity index (χ1n) is 31.5. The minimum Gasteiger partial charge on any atom is -0.506 e. The molecular formula is C63H64ClN14O21PS5. The number of hydrogen-bond donors (Lipinski definition) is 10. The molecule has 42 heteroatoms. The molecule has 8 aromatic rings. The van der Waals surface area contributed by atoms with Crippen LogP contribution in [-0.2, 0) is 65.1 Å². The Morgan fingerprint density at radius 3 is 2.27 bits per heavy atom. The summed E-state index contributed by atoms with van der Waals surface area (Å²) in [6.07, 6.45) is -7.99. The number of nitrogens with one attached hydrogen (secondary N) is 5. The van der Waals surface area contributed by atoms with Gasteiger partial charge in [0.05, 0.1) is 55.4 Å². The predicted molar refractivity (Wildman–Crippen MR) is 376 cm³/mol. The molecule has 11 N–H and O–H groups in total. The molecule has 0 spiro atoms. The highest BCUT2D eigenvalue weighted by atomic mass is 35.5. The Balaban J connectivity index is 1.07. The van der Waals surface area contributed by atoms with Gasteiger partial charge in [0.2, 0.25) is 5.91 Å². The molecule has 11 atom stereocenters. The van der Waals surface area contributed by atoms with Crippen LogP contribution < -0.4 is 36.9 Å². The summed E-state index contributed by atoms with van der Waals surface area (Å²) < 4.78 is 63.5. The van der Waals surface area contributed by atoms with Crippen LogP contribution in [0.5, 0.6) is 5.75 Å². The molecule has 0 radical (unpaired) electrons. The summed E-state index contributed by atoms with van der Waals surface area (Å²) in [4.78, 5) is 156. The number of halogens is 1. The van der Waals surface area contributed by atoms with E-state index in [4.69, 9.17) is 69.9 Å². The van der Waals surface area contributed by atoms with E-state index in [1.165, 1.54) is 72.1 Å². The number of allylic oxidation sites excluding steroid dienone is 1. The molecule has 6 amide bonds. The van der Waals surface area contributed by atoms with Crippen LogP contribution in [0.3, 0.4) is 0 Å². The van der Waals surface area contributed by atoms with Crippen LogP contribution in [0.4, 0.5) is 0 Å². The van der Waals surface area contributed by atoms with Crippen molar-refractivity contribution in [2.24, 2.45) is 5.73 Å². The second kappa shape index (κ2) is 30.8. The maximum absolute atomic E-state index is 15.6. The van der Waals surface area contributed by atoms with E-state index < -0.39 is 159 Å². The lowest BCUT2D eigenvalue weighted by atomic mass is 9.85. The Morgan fingerprint density at radius 2 is 1.56 bits per heavy atom. The van der Waals surface area contributed by atoms with Crippen molar-refractivity contribution in [2.45, 2.75) is 108 Å². The van der Waals surface area contributed by atoms with Gasteiger partial charge in [0.25, 0.3) is 29.5 Å². The third kappa shape index (κ3) is 15.8. The SMILES string of the molecule is C=C(NC(=O)c1csc(-c2nc3c(cc2O)-c2nc(cs2)C(=O)NC(C(C)O)C(=O)N/C(=C(\C)OC)c2nc(cs2)C(=O)NC2c4nc(cs4)C(=O)NC(COC(=O)c4c5c6c(cccc6n4OP(=O)(O)OCCCl)COC(=O)C(OC4CC(C)(O)C(N(C)C)C(C)O4)C2OC5)c2nc-3cs2)n1)C(N)=O. The van der Waals surface area contributed by atoms with Gasteiger partial charge in [-0.2, -0.15) is 4.73 Å². The molecule has 1 saturated heterocycles. The molecule has 12 bridgehead atoms. The Kier molecular flexibility index (Phi) is 22.1. The number of likely N-dealkylation sites (N-methyl/N-ethyl adjacent to an activating group) is 1. The number of carbonyl (C=O) groups excluding carboxylic acids is 8. The molecule has 4 aliphatic rings. The second-order valence-electron chi connectivity index (χ2n) is 24.4. The number of aliphatic hydroxyl groups is 2. The van der Waals surface area contributed by atoms with E-state index in [0.29, 0.717) is 4.73 Å². The Bertz CT molecular complexity index is 4890. The van der Waals surface area contributed by atoms with Crippen LogP contribution in [0.1, 0.15) is 125 Å². The number of carbonyl (C=O) groups is 8. The number of phosphoric acid groups is 1. The van der Waals surface area contributed by atoms with Crippen LogP contribution >= 0.6 is 76.1 Å². The summed E-state index contributed by atoms with van der Waals surface area (Å²) in [6, 6.07) is 0.0445. The van der Waals surface area contributed by atoms with E-state index in [-0.39, 0.29) is 116 Å². The van der Waals surface area contributed by atoms with E-state index in [0.717, 1.165) is 56.7 Å². The third-order valence-corrected chi connectivity index (χ3v) is 22.3. The highest BCUT2D eigenvalue weighted by molar-refractivity contribution is 7.47. The average Bonchev–Trinajstić information content (AvgIpc) is 1.60. The van der Waals surface area contributed by atoms with Gasteiger partial charge in [-0.05, 0) is 59.5 Å². The topological polar surface area (TPSA) is 480 Å². The molecule has 11 unspecified atom stereocenters. The fraction of sp³-hybridized carbons (Fsp3) is 0.365. The van der Waals surface area contributed by atoms with Crippen LogP contribution in [0.15, 0.2) is 69.2 Å². The number of aliphatic hydroxyl groups excluding tert-OH is 1. The first kappa shape index (κ1) is 75.6. The number of benzene rings is 1. The zero-order valence-corrected chi connectivity index (χ0v) is 61.8. The first-order valence-corrected chi connectivity index (χ1v) is 37.9. The largest absolute Gasteiger partial charge is 0.546 e. The molecule has 0 saturated carbocycles. The van der Waals surface area contributed by atoms with Gasteiger partial charge in [0, 0.05) is 55.7 Å². The number of aromatic hydroxyl groups is 1. The zero-order valence-electron chi connectivity index (χ0n) is 56.1. The molecule has 4 aliphatic heterocycles. The predicted octanol–water partition coefficient (Wildman–Crippen LogP) is 4.44. The smallest absolute Gasteiger partial charge is 0.506 e. The summed E-state index contributed by atoms with van der Waals surface area (Å²) in [6.45, 7) is 6.66. The Hall–Kier alpha value is -9.10. The number of methoxy groups -OCH3 is 1. The highest BCUT2D eigenvalue weighted by Crippen LogP contribution is 2.45. The van der Waals surface area contributed by atoms with Crippen LogP contribution in [0.25, 0.3) is 49.3 Å². The van der Waals surface area contributed by atoms with E-state index in [9.17, 15) is 44.0 Å². The number of pyridine rings is 1. The molecule has 12 rings (SSSR count). The average molecular weight is 1580 g/mol. The summed E-state index contributed by atoms with van der Waals surface area (Å²) in [7, 11) is -0.510. The molecule has 35 nitrogen and oxygen atoms in total. The zero-order chi connectivity index (χ0) is 75.2. The lowest BCUT2D eigenvalue weighted by Gasteiger charge is -2.48. The molecule has 554 valence electrons. The van der Waals surface area contributed by atoms with Crippen molar-refractivity contribution in [3.05, 3.63) is 124 Å². The summed E-state index contributed by atoms with van der Waals surface area (Å²) in [5, 5.41) is 54.8. The summed E-state index contributed by atoms with van der Waals surface area (Å²) in [5.74, 6) is -9.08. The monoisotopic (exact) mass is 1580 g/mol. The van der Waals surface area contributed by atoms with Crippen molar-refractivity contribution in [3.63, 3.8) is 0 Å². The third-order valence-electron chi connectivity index (χ3n) is 16.8. The number of alkyl halides is 1.